The van der Waals surface area contributed by atoms with Gasteiger partial charge in [0.15, 0.2) is 11.5 Å². The number of piperidine rings is 1. The number of fused-ring (bicyclic) bond motifs is 2. The van der Waals surface area contributed by atoms with Crippen LogP contribution in [0.25, 0.3) is 11.0 Å². The van der Waals surface area contributed by atoms with Crippen molar-refractivity contribution in [3.63, 3.8) is 0 Å². The predicted molar refractivity (Wildman–Crippen MR) is 119 cm³/mol. The van der Waals surface area contributed by atoms with E-state index >= 15 is 0 Å². The Balaban J connectivity index is 1.35. The Morgan fingerprint density at radius 2 is 2.07 bits per heavy atom. The minimum absolute atomic E-state index is 0.0457. The highest BCUT2D eigenvalue weighted by atomic mass is 35.5. The van der Waals surface area contributed by atoms with Gasteiger partial charge in [0.05, 0.1) is 17.6 Å². The average molecular weight is 427 g/mol. The Bertz CT molecular complexity index is 1040. The maximum absolute atomic E-state index is 6.32. The average Bonchev–Trinajstić information content (AvgIpc) is 3.11. The lowest BCUT2D eigenvalue weighted by Crippen LogP contribution is -2.45. The molecule has 2 atom stereocenters. The molecule has 0 spiro atoms. The van der Waals surface area contributed by atoms with Crippen LogP contribution in [-0.4, -0.2) is 53.8 Å². The number of rotatable bonds is 5. The maximum Gasteiger partial charge on any atom is 0.161 e. The molecule has 1 saturated heterocycles. The van der Waals surface area contributed by atoms with Crippen LogP contribution in [0.5, 0.6) is 11.5 Å². The van der Waals surface area contributed by atoms with Crippen molar-refractivity contribution in [2.75, 3.05) is 33.3 Å². The summed E-state index contributed by atoms with van der Waals surface area (Å²) in [6, 6.07) is 14.2. The molecule has 158 valence electrons. The van der Waals surface area contributed by atoms with Gasteiger partial charge < -0.3 is 19.4 Å². The van der Waals surface area contributed by atoms with E-state index in [-0.39, 0.29) is 6.10 Å². The number of imidazole rings is 1. The van der Waals surface area contributed by atoms with Crippen LogP contribution in [0.2, 0.25) is 5.02 Å². The van der Waals surface area contributed by atoms with Gasteiger partial charge in [0.25, 0.3) is 0 Å². The number of likely N-dealkylation sites (tertiary alicyclic amines) is 1. The molecule has 5 rings (SSSR count). The fourth-order valence-electron chi connectivity index (χ4n) is 4.66. The minimum Gasteiger partial charge on any atom is -0.486 e. The van der Waals surface area contributed by atoms with Crippen molar-refractivity contribution in [3.8, 4) is 11.5 Å². The largest absolute Gasteiger partial charge is 0.486 e. The van der Waals surface area contributed by atoms with Crippen molar-refractivity contribution >= 4 is 22.6 Å². The van der Waals surface area contributed by atoms with E-state index in [9.17, 15) is 0 Å². The van der Waals surface area contributed by atoms with Crippen molar-refractivity contribution in [1.82, 2.24) is 19.8 Å². The van der Waals surface area contributed by atoms with Crippen molar-refractivity contribution in [2.45, 2.75) is 31.5 Å². The number of para-hydroxylation sites is 2. The van der Waals surface area contributed by atoms with Crippen LogP contribution < -0.4 is 14.8 Å². The molecule has 30 heavy (non-hydrogen) atoms. The first-order valence-electron chi connectivity index (χ1n) is 10.6. The Kier molecular flexibility index (Phi) is 5.54. The lowest BCUT2D eigenvalue weighted by molar-refractivity contribution is 0.0462. The van der Waals surface area contributed by atoms with Gasteiger partial charge in [-0.05, 0) is 56.8 Å². The summed E-state index contributed by atoms with van der Waals surface area (Å²) in [6.07, 6.45) is 2.33. The predicted octanol–water partition coefficient (Wildman–Crippen LogP) is 3.89. The summed E-state index contributed by atoms with van der Waals surface area (Å²) >= 11 is 6.32. The van der Waals surface area contributed by atoms with Crippen LogP contribution in [0.3, 0.4) is 0 Å². The number of aromatic nitrogens is 2. The number of hydrogen-bond donors (Lipinski definition) is 1. The Morgan fingerprint density at radius 3 is 2.93 bits per heavy atom. The highest BCUT2D eigenvalue weighted by Crippen LogP contribution is 2.33. The van der Waals surface area contributed by atoms with Gasteiger partial charge in [-0.3, -0.25) is 4.90 Å². The van der Waals surface area contributed by atoms with Crippen molar-refractivity contribution < 1.29 is 9.47 Å². The van der Waals surface area contributed by atoms with E-state index in [1.54, 1.807) is 0 Å². The van der Waals surface area contributed by atoms with E-state index in [1.807, 2.05) is 49.5 Å². The second kappa shape index (κ2) is 8.46. The molecule has 1 fully saturated rings. The van der Waals surface area contributed by atoms with Gasteiger partial charge in [0, 0.05) is 24.2 Å². The number of nitrogens with one attached hydrogen (secondary N) is 1. The zero-order valence-electron chi connectivity index (χ0n) is 17.2. The van der Waals surface area contributed by atoms with E-state index in [0.29, 0.717) is 12.6 Å². The van der Waals surface area contributed by atoms with Crippen LogP contribution in [0.4, 0.5) is 0 Å². The molecular formula is C23H27ClN4O2. The summed E-state index contributed by atoms with van der Waals surface area (Å²) < 4.78 is 14.5. The first kappa shape index (κ1) is 19.7. The van der Waals surface area contributed by atoms with Crippen molar-refractivity contribution in [3.05, 3.63) is 53.3 Å². The summed E-state index contributed by atoms with van der Waals surface area (Å²) in [5.41, 5.74) is 2.12. The monoisotopic (exact) mass is 426 g/mol. The fourth-order valence-corrected chi connectivity index (χ4v) is 4.82. The molecule has 0 amide bonds. The van der Waals surface area contributed by atoms with Gasteiger partial charge in [-0.1, -0.05) is 23.7 Å². The van der Waals surface area contributed by atoms with E-state index in [1.165, 1.54) is 0 Å². The fraction of sp³-hybridized carbons (Fsp3) is 0.435. The molecule has 2 aliphatic rings. The van der Waals surface area contributed by atoms with Crippen LogP contribution in [-0.2, 0) is 6.54 Å². The zero-order chi connectivity index (χ0) is 20.5. The van der Waals surface area contributed by atoms with Crippen LogP contribution >= 0.6 is 11.6 Å². The molecule has 1 aromatic heterocycles. The number of hydrogen-bond acceptors (Lipinski definition) is 5. The number of ether oxygens (including phenoxy) is 2. The van der Waals surface area contributed by atoms with Crippen molar-refractivity contribution in [1.29, 1.82) is 0 Å². The molecule has 0 saturated carbocycles. The topological polar surface area (TPSA) is 51.6 Å². The van der Waals surface area contributed by atoms with E-state index < -0.39 is 0 Å². The molecule has 0 radical (unpaired) electrons. The molecule has 7 heteroatoms. The number of halogens is 1. The Hall–Kier alpha value is -2.28. The van der Waals surface area contributed by atoms with Gasteiger partial charge in [-0.25, -0.2) is 4.98 Å². The summed E-state index contributed by atoms with van der Waals surface area (Å²) in [5, 5.41) is 4.01. The molecule has 1 N–H and O–H groups in total. The maximum atomic E-state index is 6.32. The Morgan fingerprint density at radius 1 is 1.20 bits per heavy atom. The zero-order valence-corrected chi connectivity index (χ0v) is 17.9. The third kappa shape index (κ3) is 3.87. The van der Waals surface area contributed by atoms with Gasteiger partial charge in [-0.15, -0.1) is 0 Å². The van der Waals surface area contributed by atoms with E-state index in [2.05, 4.69) is 14.8 Å². The molecule has 0 bridgehead atoms. The van der Waals surface area contributed by atoms with Crippen LogP contribution in [0.1, 0.15) is 24.7 Å². The summed E-state index contributed by atoms with van der Waals surface area (Å²) in [6.45, 7) is 4.23. The van der Waals surface area contributed by atoms with E-state index in [0.717, 1.165) is 72.4 Å². The molecule has 2 unspecified atom stereocenters. The highest BCUT2D eigenvalue weighted by molar-refractivity contribution is 6.31. The lowest BCUT2D eigenvalue weighted by Gasteiger charge is -2.37. The summed E-state index contributed by atoms with van der Waals surface area (Å²) in [7, 11) is 1.96. The molecule has 3 heterocycles. The molecule has 0 aliphatic carbocycles. The molecule has 2 aliphatic heterocycles. The van der Waals surface area contributed by atoms with Crippen molar-refractivity contribution in [2.24, 2.45) is 0 Å². The van der Waals surface area contributed by atoms with Gasteiger partial charge in [-0.2, -0.15) is 0 Å². The smallest absolute Gasteiger partial charge is 0.161 e. The summed E-state index contributed by atoms with van der Waals surface area (Å²) in [4.78, 5) is 7.36. The molecular weight excluding hydrogens is 400 g/mol. The Labute approximate surface area is 181 Å². The van der Waals surface area contributed by atoms with Gasteiger partial charge >= 0.3 is 0 Å². The lowest BCUT2D eigenvalue weighted by atomic mass is 10.0. The standard InChI is InChI=1S/C23H27ClN4O2/c1-25-12-23-26-19-9-8-16(24)11-20(19)28(23)17-5-4-10-27(13-17)14-18-15-29-21-6-2-3-7-22(21)30-18/h2-3,6-9,11,17-18,25H,4-5,10,12-15H2,1H3. The summed E-state index contributed by atoms with van der Waals surface area (Å²) in [5.74, 6) is 2.74. The van der Waals surface area contributed by atoms with Crippen LogP contribution in [0.15, 0.2) is 42.5 Å². The second-order valence-electron chi connectivity index (χ2n) is 8.11. The van der Waals surface area contributed by atoms with Gasteiger partial charge in [0.2, 0.25) is 0 Å². The number of benzene rings is 2. The molecule has 2 aromatic carbocycles. The molecule has 3 aromatic rings. The quantitative estimate of drug-likeness (QED) is 0.670. The second-order valence-corrected chi connectivity index (χ2v) is 8.55. The first-order chi connectivity index (χ1) is 14.7. The normalized spacial score (nSPS) is 21.8. The van der Waals surface area contributed by atoms with E-state index in [4.69, 9.17) is 26.1 Å². The van der Waals surface area contributed by atoms with Gasteiger partial charge in [0.1, 0.15) is 18.5 Å². The molecule has 6 nitrogen and oxygen atoms in total. The van der Waals surface area contributed by atoms with Crippen LogP contribution in [0, 0.1) is 0 Å². The first-order valence-corrected chi connectivity index (χ1v) is 11.0. The number of nitrogens with zero attached hydrogens (tertiary/aromatic N) is 3. The SMILES string of the molecule is CNCc1nc2ccc(Cl)cc2n1C1CCCN(CC2COc3ccccc3O2)C1. The third-order valence-corrected chi connectivity index (χ3v) is 6.17. The third-order valence-electron chi connectivity index (χ3n) is 5.93. The highest BCUT2D eigenvalue weighted by Gasteiger charge is 2.29. The minimum atomic E-state index is 0.0457.